The largest absolute Gasteiger partial charge is 0.492 e. The van der Waals surface area contributed by atoms with E-state index in [9.17, 15) is 4.79 Å². The molecule has 0 saturated heterocycles. The van der Waals surface area contributed by atoms with E-state index in [0.717, 1.165) is 6.42 Å². The minimum Gasteiger partial charge on any atom is -0.492 e. The number of hydrogen-bond donors (Lipinski definition) is 2. The summed E-state index contributed by atoms with van der Waals surface area (Å²) in [5.74, 6) is 1.14. The number of rotatable bonds is 4. The molecule has 20 heavy (non-hydrogen) atoms. The summed E-state index contributed by atoms with van der Waals surface area (Å²) < 4.78 is 5.38. The van der Waals surface area contributed by atoms with Crippen LogP contribution in [0.2, 0.25) is 0 Å². The van der Waals surface area contributed by atoms with Gasteiger partial charge in [-0.1, -0.05) is 19.8 Å². The van der Waals surface area contributed by atoms with Gasteiger partial charge in [-0.05, 0) is 43.9 Å². The molecule has 0 bridgehead atoms. The lowest BCUT2D eigenvalue weighted by molar-refractivity contribution is 0.0910. The van der Waals surface area contributed by atoms with E-state index in [4.69, 9.17) is 10.5 Å². The molecule has 1 amide bonds. The van der Waals surface area contributed by atoms with Gasteiger partial charge in [0.15, 0.2) is 0 Å². The van der Waals surface area contributed by atoms with Gasteiger partial charge >= 0.3 is 0 Å². The molecule has 2 atom stereocenters. The van der Waals surface area contributed by atoms with E-state index in [-0.39, 0.29) is 11.9 Å². The van der Waals surface area contributed by atoms with Crippen molar-refractivity contribution < 1.29 is 9.53 Å². The molecule has 2 unspecified atom stereocenters. The molecular formula is C16H24N2O2. The van der Waals surface area contributed by atoms with Crippen molar-refractivity contribution in [3.63, 3.8) is 0 Å². The first kappa shape index (κ1) is 14.7. The monoisotopic (exact) mass is 276 g/mol. The average Bonchev–Trinajstić information content (AvgIpc) is 2.43. The smallest absolute Gasteiger partial charge is 0.251 e. The summed E-state index contributed by atoms with van der Waals surface area (Å²) in [5, 5.41) is 3.13. The molecule has 3 N–H and O–H groups in total. The third kappa shape index (κ3) is 3.44. The van der Waals surface area contributed by atoms with E-state index in [0.29, 0.717) is 29.5 Å². The number of hydrogen-bond acceptors (Lipinski definition) is 3. The van der Waals surface area contributed by atoms with Gasteiger partial charge in [0.2, 0.25) is 0 Å². The van der Waals surface area contributed by atoms with Gasteiger partial charge in [-0.25, -0.2) is 0 Å². The maximum absolute atomic E-state index is 12.3. The maximum atomic E-state index is 12.3. The summed E-state index contributed by atoms with van der Waals surface area (Å²) in [6.07, 6.45) is 4.72. The molecule has 2 rings (SSSR count). The lowest BCUT2D eigenvalue weighted by Crippen LogP contribution is -2.41. The van der Waals surface area contributed by atoms with Gasteiger partial charge in [-0.2, -0.15) is 0 Å². The highest BCUT2D eigenvalue weighted by atomic mass is 16.5. The van der Waals surface area contributed by atoms with Gasteiger partial charge in [0.25, 0.3) is 5.91 Å². The molecule has 1 fully saturated rings. The second-order valence-corrected chi connectivity index (χ2v) is 5.53. The number of benzene rings is 1. The van der Waals surface area contributed by atoms with Crippen LogP contribution in [0.15, 0.2) is 18.2 Å². The molecule has 0 aromatic heterocycles. The molecule has 4 nitrogen and oxygen atoms in total. The van der Waals surface area contributed by atoms with Gasteiger partial charge in [0.1, 0.15) is 5.75 Å². The van der Waals surface area contributed by atoms with Gasteiger partial charge in [-0.3, -0.25) is 4.79 Å². The van der Waals surface area contributed by atoms with Crippen molar-refractivity contribution in [2.75, 3.05) is 12.3 Å². The zero-order chi connectivity index (χ0) is 14.5. The Kier molecular flexibility index (Phi) is 4.88. The number of nitrogen functional groups attached to an aromatic ring is 1. The molecule has 1 aliphatic carbocycles. The Morgan fingerprint density at radius 2 is 2.15 bits per heavy atom. The second kappa shape index (κ2) is 6.64. The lowest BCUT2D eigenvalue weighted by atomic mass is 9.86. The SMILES string of the molecule is CCOc1ccc(C(=O)NC2CCCCC2C)cc1N. The fourth-order valence-corrected chi connectivity index (χ4v) is 2.76. The van der Waals surface area contributed by atoms with Crippen LogP contribution in [0.4, 0.5) is 5.69 Å². The van der Waals surface area contributed by atoms with Crippen LogP contribution >= 0.6 is 0 Å². The summed E-state index contributed by atoms with van der Waals surface area (Å²) in [7, 11) is 0. The highest BCUT2D eigenvalue weighted by Crippen LogP contribution is 2.25. The van der Waals surface area contributed by atoms with Crippen molar-refractivity contribution in [3.05, 3.63) is 23.8 Å². The molecule has 0 spiro atoms. The summed E-state index contributed by atoms with van der Waals surface area (Å²) in [6.45, 7) is 4.68. The predicted octanol–water partition coefficient (Wildman–Crippen LogP) is 2.98. The van der Waals surface area contributed by atoms with E-state index >= 15 is 0 Å². The summed E-state index contributed by atoms with van der Waals surface area (Å²) in [6, 6.07) is 5.50. The Hall–Kier alpha value is -1.71. The Morgan fingerprint density at radius 3 is 2.80 bits per heavy atom. The van der Waals surface area contributed by atoms with Crippen molar-refractivity contribution in [1.29, 1.82) is 0 Å². The van der Waals surface area contributed by atoms with E-state index in [1.165, 1.54) is 19.3 Å². The zero-order valence-corrected chi connectivity index (χ0v) is 12.3. The number of nitrogens with two attached hydrogens (primary N) is 1. The van der Waals surface area contributed by atoms with Crippen LogP contribution in [0.1, 0.15) is 49.9 Å². The van der Waals surface area contributed by atoms with Gasteiger partial charge in [0, 0.05) is 11.6 Å². The summed E-state index contributed by atoms with van der Waals surface area (Å²) >= 11 is 0. The highest BCUT2D eigenvalue weighted by Gasteiger charge is 2.23. The summed E-state index contributed by atoms with van der Waals surface area (Å²) in [4.78, 5) is 12.3. The Morgan fingerprint density at radius 1 is 1.40 bits per heavy atom. The van der Waals surface area contributed by atoms with Crippen molar-refractivity contribution in [2.45, 2.75) is 45.6 Å². The first-order valence-corrected chi connectivity index (χ1v) is 7.45. The highest BCUT2D eigenvalue weighted by molar-refractivity contribution is 5.95. The topological polar surface area (TPSA) is 64.3 Å². The fourth-order valence-electron chi connectivity index (χ4n) is 2.76. The van der Waals surface area contributed by atoms with Gasteiger partial charge in [-0.15, -0.1) is 0 Å². The van der Waals surface area contributed by atoms with E-state index in [1.54, 1.807) is 18.2 Å². The Balaban J connectivity index is 2.03. The fraction of sp³-hybridized carbons (Fsp3) is 0.562. The number of ether oxygens (including phenoxy) is 1. The number of carbonyl (C=O) groups is 1. The maximum Gasteiger partial charge on any atom is 0.251 e. The zero-order valence-electron chi connectivity index (χ0n) is 12.3. The first-order valence-electron chi connectivity index (χ1n) is 7.45. The van der Waals surface area contributed by atoms with Crippen LogP contribution in [0, 0.1) is 5.92 Å². The number of amides is 1. The quantitative estimate of drug-likeness (QED) is 0.831. The molecule has 110 valence electrons. The van der Waals surface area contributed by atoms with E-state index < -0.39 is 0 Å². The third-order valence-corrected chi connectivity index (χ3v) is 4.00. The van der Waals surface area contributed by atoms with Crippen molar-refractivity contribution in [3.8, 4) is 5.75 Å². The van der Waals surface area contributed by atoms with Crippen molar-refractivity contribution in [1.82, 2.24) is 5.32 Å². The van der Waals surface area contributed by atoms with Crippen LogP contribution < -0.4 is 15.8 Å². The van der Waals surface area contributed by atoms with Gasteiger partial charge in [0.05, 0.1) is 12.3 Å². The number of carbonyl (C=O) groups excluding carboxylic acids is 1. The van der Waals surface area contributed by atoms with Gasteiger partial charge < -0.3 is 15.8 Å². The number of nitrogens with one attached hydrogen (secondary N) is 1. The molecule has 1 saturated carbocycles. The summed E-state index contributed by atoms with van der Waals surface area (Å²) in [5.41, 5.74) is 7.01. The Labute approximate surface area is 120 Å². The van der Waals surface area contributed by atoms with Crippen molar-refractivity contribution in [2.24, 2.45) is 5.92 Å². The van der Waals surface area contributed by atoms with Crippen LogP contribution in [-0.2, 0) is 0 Å². The van der Waals surface area contributed by atoms with Crippen LogP contribution in [-0.4, -0.2) is 18.6 Å². The standard InChI is InChI=1S/C16H24N2O2/c1-3-20-15-9-8-12(10-13(15)17)16(19)18-14-7-5-4-6-11(14)2/h8-11,14H,3-7,17H2,1-2H3,(H,18,19). The predicted molar refractivity (Wildman–Crippen MR) is 80.9 cm³/mol. The molecular weight excluding hydrogens is 252 g/mol. The lowest BCUT2D eigenvalue weighted by Gasteiger charge is -2.29. The number of anilines is 1. The van der Waals surface area contributed by atoms with Crippen LogP contribution in [0.25, 0.3) is 0 Å². The molecule has 1 aromatic rings. The minimum atomic E-state index is -0.0431. The van der Waals surface area contributed by atoms with Crippen LogP contribution in [0.5, 0.6) is 5.75 Å². The second-order valence-electron chi connectivity index (χ2n) is 5.53. The molecule has 0 radical (unpaired) electrons. The Bertz CT molecular complexity index is 474. The minimum absolute atomic E-state index is 0.0431. The normalized spacial score (nSPS) is 22.3. The molecule has 4 heteroatoms. The molecule has 0 aliphatic heterocycles. The third-order valence-electron chi connectivity index (χ3n) is 4.00. The average molecular weight is 276 g/mol. The molecule has 1 aromatic carbocycles. The van der Waals surface area contributed by atoms with Crippen LogP contribution in [0.3, 0.4) is 0 Å². The first-order chi connectivity index (χ1) is 9.61. The van der Waals surface area contributed by atoms with E-state index in [1.807, 2.05) is 6.92 Å². The van der Waals surface area contributed by atoms with E-state index in [2.05, 4.69) is 12.2 Å². The molecule has 0 heterocycles. The van der Waals surface area contributed by atoms with Crippen molar-refractivity contribution >= 4 is 11.6 Å². The molecule has 1 aliphatic rings.